The molecule has 0 atom stereocenters. The van der Waals surface area contributed by atoms with E-state index >= 15 is 0 Å². The summed E-state index contributed by atoms with van der Waals surface area (Å²) < 4.78 is 0. The summed E-state index contributed by atoms with van der Waals surface area (Å²) in [6.07, 6.45) is 1.25. The lowest BCUT2D eigenvalue weighted by molar-refractivity contribution is 0.482. The number of rotatable bonds is 1. The van der Waals surface area contributed by atoms with Gasteiger partial charge in [0.2, 0.25) is 0 Å². The Morgan fingerprint density at radius 1 is 0.710 bits per heavy atom. The molecule has 3 heteroatoms. The topological polar surface area (TPSA) is 45.0 Å². The lowest BCUT2D eigenvalue weighted by atomic mass is 10.0. The van der Waals surface area contributed by atoms with Crippen LogP contribution >= 0.6 is 0 Å². The number of aromatic hydroxyl groups is 1. The Morgan fingerprint density at radius 3 is 1.61 bits per heavy atom. The third-order valence-electron chi connectivity index (χ3n) is 4.37. The van der Waals surface area contributed by atoms with E-state index in [0.717, 1.165) is 21.9 Å². The van der Waals surface area contributed by atoms with Gasteiger partial charge in [0.05, 0.1) is 0 Å². The van der Waals surface area contributed by atoms with Crippen molar-refractivity contribution in [2.75, 3.05) is 7.05 Å². The minimum atomic E-state index is 0.221. The molecule has 164 valence electrons. The zero-order valence-corrected chi connectivity index (χ0v) is 20.0. The van der Waals surface area contributed by atoms with Gasteiger partial charge in [-0.15, -0.1) is 0 Å². The standard InChI is InChI=1S/C13H14N2O.C10H8.C3H8.C2H6/c1-8-5-4-6-10-7-9(2)12(15-14-3)13(16)11(8)10;1-2-6-10-8-4-3-7-9(10)5-1;1-3-2;1-2/h4-7,16H,1-3H3;1-8H;3H2,1-2H3;1-2H3. The molecule has 0 aliphatic carbocycles. The molecule has 0 spiro atoms. The maximum absolute atomic E-state index is 10.2. The Hall–Kier alpha value is -3.20. The minimum Gasteiger partial charge on any atom is -0.505 e. The van der Waals surface area contributed by atoms with Gasteiger partial charge < -0.3 is 5.11 Å². The number of phenolic OH excluding ortho intramolecular Hbond substituents is 1. The van der Waals surface area contributed by atoms with Crippen LogP contribution in [0.4, 0.5) is 5.69 Å². The van der Waals surface area contributed by atoms with E-state index in [0.29, 0.717) is 5.69 Å². The van der Waals surface area contributed by atoms with Crippen LogP contribution in [0, 0.1) is 13.8 Å². The summed E-state index contributed by atoms with van der Waals surface area (Å²) in [6, 6.07) is 24.7. The smallest absolute Gasteiger partial charge is 0.151 e. The van der Waals surface area contributed by atoms with Crippen molar-refractivity contribution < 1.29 is 5.11 Å². The predicted molar refractivity (Wildman–Crippen MR) is 137 cm³/mol. The summed E-state index contributed by atoms with van der Waals surface area (Å²) >= 11 is 0. The third-order valence-corrected chi connectivity index (χ3v) is 4.37. The van der Waals surface area contributed by atoms with Crippen molar-refractivity contribution in [1.29, 1.82) is 0 Å². The molecule has 4 aromatic rings. The Kier molecular flexibility index (Phi) is 11.6. The molecular formula is C28H36N2O. The molecular weight excluding hydrogens is 380 g/mol. The highest BCUT2D eigenvalue weighted by Crippen LogP contribution is 2.39. The van der Waals surface area contributed by atoms with Gasteiger partial charge in [-0.2, -0.15) is 10.2 Å². The van der Waals surface area contributed by atoms with Crippen LogP contribution in [0.2, 0.25) is 0 Å². The van der Waals surface area contributed by atoms with Gasteiger partial charge in [-0.1, -0.05) is 101 Å². The van der Waals surface area contributed by atoms with E-state index in [9.17, 15) is 5.11 Å². The summed E-state index contributed by atoms with van der Waals surface area (Å²) in [5.41, 5.74) is 2.54. The molecule has 4 rings (SSSR count). The second kappa shape index (κ2) is 13.9. The molecule has 0 unspecified atom stereocenters. The first-order valence-corrected chi connectivity index (χ1v) is 11.0. The van der Waals surface area contributed by atoms with E-state index in [-0.39, 0.29) is 5.75 Å². The molecule has 0 aromatic heterocycles. The zero-order valence-electron chi connectivity index (χ0n) is 20.0. The second-order valence-corrected chi connectivity index (χ2v) is 6.92. The lowest BCUT2D eigenvalue weighted by Gasteiger charge is -2.09. The van der Waals surface area contributed by atoms with Crippen molar-refractivity contribution in [3.8, 4) is 5.75 Å². The third kappa shape index (κ3) is 7.21. The SMILES string of the molecule is CC.CCC.CN=Nc1c(C)cc2cccc(C)c2c1O.c1ccc2ccccc2c1. The van der Waals surface area contributed by atoms with Crippen molar-refractivity contribution in [2.24, 2.45) is 10.2 Å². The first-order valence-electron chi connectivity index (χ1n) is 11.0. The van der Waals surface area contributed by atoms with E-state index in [1.165, 1.54) is 17.2 Å². The summed E-state index contributed by atoms with van der Waals surface area (Å²) in [5, 5.41) is 22.4. The summed E-state index contributed by atoms with van der Waals surface area (Å²) in [4.78, 5) is 0. The Balaban J connectivity index is 0.000000273. The molecule has 0 saturated heterocycles. The van der Waals surface area contributed by atoms with Crippen LogP contribution in [0.25, 0.3) is 21.5 Å². The van der Waals surface area contributed by atoms with Gasteiger partial charge in [0.1, 0.15) is 5.69 Å². The fourth-order valence-electron chi connectivity index (χ4n) is 3.10. The van der Waals surface area contributed by atoms with E-state index in [4.69, 9.17) is 0 Å². The number of azo groups is 1. The minimum absolute atomic E-state index is 0.221. The van der Waals surface area contributed by atoms with Gasteiger partial charge in [0.15, 0.2) is 5.75 Å². The van der Waals surface area contributed by atoms with Crippen LogP contribution in [0.1, 0.15) is 45.2 Å². The number of hydrogen-bond acceptors (Lipinski definition) is 3. The van der Waals surface area contributed by atoms with E-state index in [1.807, 2.05) is 52.0 Å². The lowest BCUT2D eigenvalue weighted by Crippen LogP contribution is -1.83. The first-order chi connectivity index (χ1) is 15.0. The molecule has 0 saturated carbocycles. The Bertz CT molecular complexity index is 1040. The molecule has 0 bridgehead atoms. The average Bonchev–Trinajstić information content (AvgIpc) is 2.79. The number of fused-ring (bicyclic) bond motifs is 2. The van der Waals surface area contributed by atoms with Gasteiger partial charge >= 0.3 is 0 Å². The van der Waals surface area contributed by atoms with Crippen LogP contribution in [-0.2, 0) is 0 Å². The first kappa shape index (κ1) is 25.8. The number of phenols is 1. The largest absolute Gasteiger partial charge is 0.505 e. The van der Waals surface area contributed by atoms with Crippen LogP contribution in [-0.4, -0.2) is 12.2 Å². The highest BCUT2D eigenvalue weighted by Gasteiger charge is 2.11. The fourth-order valence-corrected chi connectivity index (χ4v) is 3.10. The van der Waals surface area contributed by atoms with Gasteiger partial charge in [0, 0.05) is 12.4 Å². The normalized spacial score (nSPS) is 9.90. The number of nitrogens with zero attached hydrogens (tertiary/aromatic N) is 2. The van der Waals surface area contributed by atoms with E-state index < -0.39 is 0 Å². The molecule has 1 N–H and O–H groups in total. The Labute approximate surface area is 187 Å². The maximum Gasteiger partial charge on any atom is 0.151 e. The molecule has 0 heterocycles. The average molecular weight is 417 g/mol. The van der Waals surface area contributed by atoms with E-state index in [1.54, 1.807) is 7.05 Å². The molecule has 3 nitrogen and oxygen atoms in total. The molecule has 0 amide bonds. The van der Waals surface area contributed by atoms with Gasteiger partial charge in [0.25, 0.3) is 0 Å². The monoisotopic (exact) mass is 416 g/mol. The molecule has 0 fully saturated rings. The second-order valence-electron chi connectivity index (χ2n) is 6.92. The zero-order chi connectivity index (χ0) is 23.2. The van der Waals surface area contributed by atoms with Crippen LogP contribution < -0.4 is 0 Å². The van der Waals surface area contributed by atoms with Crippen molar-refractivity contribution in [2.45, 2.75) is 48.0 Å². The molecule has 0 radical (unpaired) electrons. The van der Waals surface area contributed by atoms with Crippen LogP contribution in [0.15, 0.2) is 83.0 Å². The molecule has 0 aliphatic heterocycles. The van der Waals surface area contributed by atoms with Gasteiger partial charge in [-0.05, 0) is 47.2 Å². The summed E-state index contributed by atoms with van der Waals surface area (Å²) in [5.74, 6) is 0.221. The van der Waals surface area contributed by atoms with E-state index in [2.05, 4.69) is 72.6 Å². The summed E-state index contributed by atoms with van der Waals surface area (Å²) in [7, 11) is 1.60. The van der Waals surface area contributed by atoms with Crippen LogP contribution in [0.5, 0.6) is 5.75 Å². The van der Waals surface area contributed by atoms with Crippen molar-refractivity contribution in [3.05, 3.63) is 83.9 Å². The predicted octanol–water partition coefficient (Wildman–Crippen LogP) is 9.16. The van der Waals surface area contributed by atoms with Crippen LogP contribution in [0.3, 0.4) is 0 Å². The quantitative estimate of drug-likeness (QED) is 0.309. The van der Waals surface area contributed by atoms with Crippen molar-refractivity contribution in [3.63, 3.8) is 0 Å². The van der Waals surface area contributed by atoms with Gasteiger partial charge in [-0.3, -0.25) is 0 Å². The molecule has 4 aromatic carbocycles. The Morgan fingerprint density at radius 2 is 1.16 bits per heavy atom. The summed E-state index contributed by atoms with van der Waals surface area (Å²) in [6.45, 7) is 12.1. The number of benzene rings is 4. The van der Waals surface area contributed by atoms with Crippen molar-refractivity contribution in [1.82, 2.24) is 0 Å². The highest BCUT2D eigenvalue weighted by atomic mass is 16.3. The number of aryl methyl sites for hydroxylation is 2. The number of hydrogen-bond donors (Lipinski definition) is 1. The maximum atomic E-state index is 10.2. The highest BCUT2D eigenvalue weighted by molar-refractivity contribution is 5.96. The van der Waals surface area contributed by atoms with Crippen molar-refractivity contribution >= 4 is 27.2 Å². The molecule has 0 aliphatic rings. The fraction of sp³-hybridized carbons (Fsp3) is 0.286. The molecule has 31 heavy (non-hydrogen) atoms. The van der Waals surface area contributed by atoms with Gasteiger partial charge in [-0.25, -0.2) is 0 Å².